The Labute approximate surface area is 531 Å². The van der Waals surface area contributed by atoms with Gasteiger partial charge in [0.05, 0.1) is 11.4 Å². The van der Waals surface area contributed by atoms with Crippen LogP contribution in [0.25, 0.3) is 11.4 Å². The summed E-state index contributed by atoms with van der Waals surface area (Å²) in [5.41, 5.74) is 19.4. The number of aryl methyl sites for hydroxylation is 2. The zero-order valence-electron chi connectivity index (χ0n) is 49.3. The third-order valence-corrected chi connectivity index (χ3v) is 16.2. The molecule has 2 heterocycles. The number of aromatic nitrogens is 2. The molecule has 0 atom stereocenters. The maximum Gasteiger partial charge on any atom is 0.268 e. The van der Waals surface area contributed by atoms with E-state index in [1.807, 2.05) is 0 Å². The Kier molecular flexibility index (Phi) is 23.0. The second kappa shape index (κ2) is 31.8. The van der Waals surface area contributed by atoms with Crippen LogP contribution in [-0.4, -0.2) is 17.8 Å². The van der Waals surface area contributed by atoms with Crippen molar-refractivity contribution in [3.8, 4) is 11.4 Å². The van der Waals surface area contributed by atoms with Crippen molar-refractivity contribution in [2.24, 2.45) is 0 Å². The van der Waals surface area contributed by atoms with E-state index in [1.54, 1.807) is 0 Å². The van der Waals surface area contributed by atoms with Gasteiger partial charge in [0.15, 0.2) is 0 Å². The molecule has 10 aromatic carbocycles. The van der Waals surface area contributed by atoms with Gasteiger partial charge in [-0.05, 0) is 119 Å². The van der Waals surface area contributed by atoms with E-state index in [-0.39, 0.29) is 56.2 Å². The fraction of sp³-hybridized carbons (Fsp3) is 0.173. The number of ether oxygens (including phenoxy) is 1. The summed E-state index contributed by atoms with van der Waals surface area (Å²) in [6.45, 7) is 6.50. The molecule has 86 heavy (non-hydrogen) atoms. The van der Waals surface area contributed by atoms with Crippen LogP contribution in [0.15, 0.2) is 304 Å². The van der Waals surface area contributed by atoms with Crippen LogP contribution in [-0.2, 0) is 24.8 Å². The first kappa shape index (κ1) is 62.3. The van der Waals surface area contributed by atoms with Crippen LogP contribution in [0.5, 0.6) is 0 Å². The molecule has 0 amide bonds. The molecule has 433 valence electrons. The topological polar surface area (TPSA) is 18.0 Å². The number of hydrogen-bond donors (Lipinski definition) is 0. The summed E-state index contributed by atoms with van der Waals surface area (Å²) in [4.78, 5) is 0. The van der Waals surface area contributed by atoms with E-state index < -0.39 is 0 Å². The molecule has 13 rings (SSSR count). The third kappa shape index (κ3) is 15.4. The van der Waals surface area contributed by atoms with E-state index in [9.17, 15) is 0 Å². The van der Waals surface area contributed by atoms with E-state index in [1.165, 1.54) is 116 Å². The van der Waals surface area contributed by atoms with Crippen molar-refractivity contribution in [3.63, 3.8) is 0 Å². The number of benzene rings is 10. The van der Waals surface area contributed by atoms with Crippen molar-refractivity contribution in [1.29, 1.82) is 0 Å². The van der Waals surface area contributed by atoms with Gasteiger partial charge in [0.25, 0.3) is 6.33 Å². The smallest absolute Gasteiger partial charge is 0.268 e. The van der Waals surface area contributed by atoms with E-state index in [0.29, 0.717) is 0 Å². The molecule has 1 aliphatic heterocycles. The minimum atomic E-state index is -0.0749. The van der Waals surface area contributed by atoms with Crippen LogP contribution in [0.3, 0.4) is 0 Å². The molecule has 11 aromatic rings. The maximum atomic E-state index is 4.94. The number of nitrogens with zero attached hydrogens (tertiary/aromatic N) is 2. The fourth-order valence-electron chi connectivity index (χ4n) is 12.4. The second-order valence-corrected chi connectivity index (χ2v) is 22.2. The van der Waals surface area contributed by atoms with E-state index in [2.05, 4.69) is 333 Å². The molecule has 0 unspecified atom stereocenters. The van der Waals surface area contributed by atoms with Gasteiger partial charge in [-0.15, -0.1) is 0 Å². The number of rotatable bonds is 14. The third-order valence-electron chi connectivity index (χ3n) is 16.2. The quantitative estimate of drug-likeness (QED) is 0.0459. The predicted octanol–water partition coefficient (Wildman–Crippen LogP) is 16.4. The summed E-state index contributed by atoms with van der Waals surface area (Å²) in [5.74, 6) is -0.300. The van der Waals surface area contributed by atoms with E-state index >= 15 is 0 Å². The van der Waals surface area contributed by atoms with Gasteiger partial charge < -0.3 is 17.1 Å². The van der Waals surface area contributed by atoms with Crippen LogP contribution >= 0.6 is 0 Å². The normalized spacial score (nSPS) is 13.5. The Bertz CT molecular complexity index is 3200. The summed E-state index contributed by atoms with van der Waals surface area (Å²) in [6.07, 6.45) is 25.1. The standard InChI is InChI=1S/C69H56N2.C8H12.C4H8O.ClH.Ir/c1-50-45-60(64(52-27-11-3-12-28-52)53-29-13-4-14-30-53)68(61(46-50)65(54-31-15-5-16-32-54)55-33-17-6-18-34-55)70-43-44-71(49-70)69-62(66(56-35-19-7-20-36-56)57-37-21-8-22-38-57)47-51(2)48-63(69)67(58-39-23-9-24-40-58)59-41-25-10-26-42-59;1-2-4-6-8-7-5-3-1;1-2-4-5-3-1;;/h3-48,64-67H,1-2H3;1-2,7-8H,3-6H2;1-4H2;1H;/p-1/b;2-1-,8-7-;;;. The molecule has 1 aromatic heterocycles. The van der Waals surface area contributed by atoms with Gasteiger partial charge in [0.1, 0.15) is 0 Å². The number of imidazole rings is 1. The largest absolute Gasteiger partial charge is 1.00 e. The van der Waals surface area contributed by atoms with Crippen molar-refractivity contribution in [2.45, 2.75) is 76.0 Å². The first-order valence-corrected chi connectivity index (χ1v) is 30.2. The zero-order valence-corrected chi connectivity index (χ0v) is 52.5. The van der Waals surface area contributed by atoms with Crippen molar-refractivity contribution in [1.82, 2.24) is 4.57 Å². The van der Waals surface area contributed by atoms with Crippen LogP contribution in [0.4, 0.5) is 0 Å². The van der Waals surface area contributed by atoms with Gasteiger partial charge in [-0.25, -0.2) is 0 Å². The first-order chi connectivity index (χ1) is 41.6. The Morgan fingerprint density at radius 1 is 0.360 bits per heavy atom. The summed E-state index contributed by atoms with van der Waals surface area (Å²) >= 11 is 0. The molecule has 5 heteroatoms. The zero-order chi connectivity index (χ0) is 57.1. The monoisotopic (exact) mass is 1320 g/mol. The van der Waals surface area contributed by atoms with E-state index in [0.717, 1.165) is 24.6 Å². The number of hydrogen-bond acceptors (Lipinski definition) is 1. The van der Waals surface area contributed by atoms with Crippen molar-refractivity contribution >= 4 is 0 Å². The van der Waals surface area contributed by atoms with Gasteiger partial charge in [-0.3, -0.25) is 9.13 Å². The van der Waals surface area contributed by atoms with Crippen molar-refractivity contribution in [3.05, 3.63) is 388 Å². The molecule has 0 spiro atoms. The minimum absolute atomic E-state index is 0. The molecule has 0 N–H and O–H groups in total. The Hall–Kier alpha value is -8.21. The van der Waals surface area contributed by atoms with Crippen LogP contribution in [0.1, 0.15) is 140 Å². The van der Waals surface area contributed by atoms with Crippen molar-refractivity contribution in [2.75, 3.05) is 13.2 Å². The molecule has 0 saturated carbocycles. The minimum Gasteiger partial charge on any atom is -1.00 e. The summed E-state index contributed by atoms with van der Waals surface area (Å²) in [7, 11) is 0. The molecule has 0 bridgehead atoms. The van der Waals surface area contributed by atoms with Gasteiger partial charge >= 0.3 is 0 Å². The molecule has 1 saturated heterocycles. The molecule has 2 aliphatic rings. The SMILES string of the molecule is C1=C\CC/C=C\CC/1.C1CCOC1.Cc1cc(C(c2ccccc2)c2ccccc2)c(-n2[c-][n+](-c3c(C(c4ccccc4)c4ccccc4)cc(C)cc3C(c3ccccc3)c3ccccc3)cc2)c(C(c2ccccc2)c2ccccc2)c1.[Cl-].[Ir]. The van der Waals surface area contributed by atoms with Gasteiger partial charge in [0, 0.05) is 69.4 Å². The molecule has 3 nitrogen and oxygen atoms in total. The number of halogens is 1. The van der Waals surface area contributed by atoms with Gasteiger partial charge in [0.2, 0.25) is 0 Å². The van der Waals surface area contributed by atoms with Gasteiger partial charge in [-0.1, -0.05) is 302 Å². The maximum absolute atomic E-state index is 4.94. The summed E-state index contributed by atoms with van der Waals surface area (Å²) in [6, 6.07) is 97.7. The summed E-state index contributed by atoms with van der Waals surface area (Å²) < 4.78 is 9.55. The first-order valence-electron chi connectivity index (χ1n) is 30.2. The molecule has 1 fully saturated rings. The second-order valence-electron chi connectivity index (χ2n) is 22.2. The van der Waals surface area contributed by atoms with E-state index in [4.69, 9.17) is 4.74 Å². The Morgan fingerprint density at radius 2 is 0.605 bits per heavy atom. The predicted molar refractivity (Wildman–Crippen MR) is 348 cm³/mol. The number of allylic oxidation sites excluding steroid dienone is 4. The molecular weight excluding hydrogens is 1240 g/mol. The molecule has 1 radical (unpaired) electrons. The van der Waals surface area contributed by atoms with Crippen LogP contribution in [0.2, 0.25) is 0 Å². The Balaban J connectivity index is 0.000000523. The van der Waals surface area contributed by atoms with Crippen LogP contribution < -0.4 is 17.0 Å². The fourth-order valence-corrected chi connectivity index (χ4v) is 12.4. The molecule has 1 aliphatic carbocycles. The summed E-state index contributed by atoms with van der Waals surface area (Å²) in [5, 5.41) is 0. The van der Waals surface area contributed by atoms with Crippen LogP contribution in [0, 0.1) is 20.2 Å². The van der Waals surface area contributed by atoms with Crippen molar-refractivity contribution < 1.29 is 41.8 Å². The average Bonchev–Trinajstić information content (AvgIpc) is 1.60. The Morgan fingerprint density at radius 3 is 0.849 bits per heavy atom. The van der Waals surface area contributed by atoms with Gasteiger partial charge in [-0.2, -0.15) is 0 Å². The molecular formula is C81H76ClIrN2O-. The average molecular weight is 1320 g/mol.